The summed E-state index contributed by atoms with van der Waals surface area (Å²) in [6, 6.07) is 20.3. The van der Waals surface area contributed by atoms with Crippen molar-refractivity contribution in [2.45, 2.75) is 37.6 Å². The van der Waals surface area contributed by atoms with Gasteiger partial charge in [0.05, 0.1) is 0 Å². The first-order valence-electron chi connectivity index (χ1n) is 10.1. The van der Waals surface area contributed by atoms with E-state index < -0.39 is 0 Å². The maximum Gasteiger partial charge on any atom is 0.0384 e. The SMILES string of the molecule is CN1CCN(C2CCCCC2c2ccc(Nc3ccccc3)cc2)CC1. The minimum atomic E-state index is 0.693. The van der Waals surface area contributed by atoms with Crippen molar-refractivity contribution in [2.24, 2.45) is 0 Å². The van der Waals surface area contributed by atoms with Crippen LogP contribution in [0.25, 0.3) is 0 Å². The number of nitrogens with zero attached hydrogens (tertiary/aromatic N) is 2. The zero-order valence-corrected chi connectivity index (χ0v) is 15.9. The Balaban J connectivity index is 1.46. The number of hydrogen-bond acceptors (Lipinski definition) is 3. The van der Waals surface area contributed by atoms with Gasteiger partial charge in [0.2, 0.25) is 0 Å². The van der Waals surface area contributed by atoms with Crippen LogP contribution in [0.1, 0.15) is 37.2 Å². The van der Waals surface area contributed by atoms with Crippen LogP contribution in [0.2, 0.25) is 0 Å². The van der Waals surface area contributed by atoms with Gasteiger partial charge in [-0.3, -0.25) is 4.90 Å². The number of likely N-dealkylation sites (N-methyl/N-ethyl adjacent to an activating group) is 1. The Bertz CT molecular complexity index is 674. The van der Waals surface area contributed by atoms with Crippen LogP contribution in [0.15, 0.2) is 54.6 Å². The van der Waals surface area contributed by atoms with Crippen LogP contribution < -0.4 is 5.32 Å². The summed E-state index contributed by atoms with van der Waals surface area (Å²) < 4.78 is 0. The van der Waals surface area contributed by atoms with Crippen LogP contribution in [0, 0.1) is 0 Å². The molecule has 0 radical (unpaired) electrons. The lowest BCUT2D eigenvalue weighted by Gasteiger charge is -2.44. The number of hydrogen-bond donors (Lipinski definition) is 1. The molecule has 0 bridgehead atoms. The molecule has 2 fully saturated rings. The normalized spacial score (nSPS) is 25.1. The maximum atomic E-state index is 3.50. The molecule has 2 aromatic rings. The predicted molar refractivity (Wildman–Crippen MR) is 110 cm³/mol. The first kappa shape index (κ1) is 17.6. The Kier molecular flexibility index (Phi) is 5.57. The summed E-state index contributed by atoms with van der Waals surface area (Å²) in [6.45, 7) is 4.88. The van der Waals surface area contributed by atoms with Crippen molar-refractivity contribution in [1.82, 2.24) is 9.80 Å². The molecule has 3 nitrogen and oxygen atoms in total. The minimum Gasteiger partial charge on any atom is -0.356 e. The molecule has 1 aliphatic carbocycles. The van der Waals surface area contributed by atoms with Crippen LogP contribution in [0.3, 0.4) is 0 Å². The molecule has 26 heavy (non-hydrogen) atoms. The molecule has 138 valence electrons. The topological polar surface area (TPSA) is 18.5 Å². The van der Waals surface area contributed by atoms with Crippen molar-refractivity contribution in [2.75, 3.05) is 38.5 Å². The zero-order valence-electron chi connectivity index (χ0n) is 15.9. The van der Waals surface area contributed by atoms with E-state index in [0.29, 0.717) is 5.92 Å². The van der Waals surface area contributed by atoms with Crippen molar-refractivity contribution >= 4 is 11.4 Å². The summed E-state index contributed by atoms with van der Waals surface area (Å²) in [7, 11) is 2.24. The average molecular weight is 350 g/mol. The molecule has 2 aromatic carbocycles. The average Bonchev–Trinajstić information content (AvgIpc) is 2.70. The standard InChI is InChI=1S/C23H31N3/c1-25-15-17-26(18-16-25)23-10-6-5-9-22(23)19-11-13-21(14-12-19)24-20-7-3-2-4-8-20/h2-4,7-8,11-14,22-24H,5-6,9-10,15-18H2,1H3. The number of piperazine rings is 1. The number of anilines is 2. The summed E-state index contributed by atoms with van der Waals surface area (Å²) in [5.41, 5.74) is 3.84. The second-order valence-corrected chi connectivity index (χ2v) is 7.91. The second-order valence-electron chi connectivity index (χ2n) is 7.91. The van der Waals surface area contributed by atoms with Gasteiger partial charge in [0.15, 0.2) is 0 Å². The molecule has 2 aliphatic rings. The number of nitrogens with one attached hydrogen (secondary N) is 1. The molecular weight excluding hydrogens is 318 g/mol. The van der Waals surface area contributed by atoms with E-state index in [2.05, 4.69) is 76.8 Å². The van der Waals surface area contributed by atoms with Crippen LogP contribution in [0.5, 0.6) is 0 Å². The fourth-order valence-electron chi connectivity index (χ4n) is 4.59. The van der Waals surface area contributed by atoms with Gasteiger partial charge >= 0.3 is 0 Å². The molecule has 0 aromatic heterocycles. The van der Waals surface area contributed by atoms with E-state index in [-0.39, 0.29) is 0 Å². The third kappa shape index (κ3) is 4.11. The first-order valence-corrected chi connectivity index (χ1v) is 10.1. The Morgan fingerprint density at radius 1 is 0.769 bits per heavy atom. The van der Waals surface area contributed by atoms with Crippen LogP contribution in [0.4, 0.5) is 11.4 Å². The van der Waals surface area contributed by atoms with E-state index in [1.54, 1.807) is 0 Å². The Hall–Kier alpha value is -1.84. The molecule has 4 rings (SSSR count). The van der Waals surface area contributed by atoms with E-state index >= 15 is 0 Å². The Morgan fingerprint density at radius 2 is 1.42 bits per heavy atom. The van der Waals surface area contributed by atoms with E-state index in [1.165, 1.54) is 63.1 Å². The molecule has 1 saturated heterocycles. The molecule has 0 spiro atoms. The summed E-state index contributed by atoms with van der Waals surface area (Å²) in [4.78, 5) is 5.22. The van der Waals surface area contributed by atoms with Crippen molar-refractivity contribution < 1.29 is 0 Å². The fraction of sp³-hybridized carbons (Fsp3) is 0.478. The highest BCUT2D eigenvalue weighted by atomic mass is 15.3. The van der Waals surface area contributed by atoms with Gasteiger partial charge < -0.3 is 10.2 Å². The van der Waals surface area contributed by atoms with Gasteiger partial charge in [0, 0.05) is 43.6 Å². The fourth-order valence-corrected chi connectivity index (χ4v) is 4.59. The highest BCUT2D eigenvalue weighted by Gasteiger charge is 2.32. The second kappa shape index (κ2) is 8.24. The van der Waals surface area contributed by atoms with E-state index in [4.69, 9.17) is 0 Å². The molecular formula is C23H31N3. The van der Waals surface area contributed by atoms with Crippen LogP contribution in [-0.4, -0.2) is 49.1 Å². The van der Waals surface area contributed by atoms with Crippen molar-refractivity contribution in [3.05, 3.63) is 60.2 Å². The quantitative estimate of drug-likeness (QED) is 0.863. The number of benzene rings is 2. The molecule has 0 amide bonds. The van der Waals surface area contributed by atoms with Gasteiger partial charge in [-0.05, 0) is 55.6 Å². The lowest BCUT2D eigenvalue weighted by atomic mass is 9.79. The van der Waals surface area contributed by atoms with Gasteiger partial charge in [0.25, 0.3) is 0 Å². The van der Waals surface area contributed by atoms with Crippen LogP contribution >= 0.6 is 0 Å². The molecule has 1 saturated carbocycles. The molecule has 2 atom stereocenters. The monoisotopic (exact) mass is 349 g/mol. The molecule has 1 aliphatic heterocycles. The highest BCUT2D eigenvalue weighted by Crippen LogP contribution is 2.37. The first-order chi connectivity index (χ1) is 12.8. The van der Waals surface area contributed by atoms with E-state index in [0.717, 1.165) is 11.7 Å². The van der Waals surface area contributed by atoms with E-state index in [9.17, 15) is 0 Å². The third-order valence-corrected chi connectivity index (χ3v) is 6.14. The van der Waals surface area contributed by atoms with Crippen molar-refractivity contribution in [1.29, 1.82) is 0 Å². The summed E-state index contributed by atoms with van der Waals surface area (Å²) in [5, 5.41) is 3.50. The Morgan fingerprint density at radius 3 is 2.15 bits per heavy atom. The van der Waals surface area contributed by atoms with Gasteiger partial charge in [-0.1, -0.05) is 43.2 Å². The maximum absolute atomic E-state index is 3.50. The molecule has 2 unspecified atom stereocenters. The Labute approximate surface area is 158 Å². The van der Waals surface area contributed by atoms with Gasteiger partial charge in [-0.15, -0.1) is 0 Å². The van der Waals surface area contributed by atoms with Crippen molar-refractivity contribution in [3.63, 3.8) is 0 Å². The number of rotatable bonds is 4. The summed E-state index contributed by atoms with van der Waals surface area (Å²) >= 11 is 0. The van der Waals surface area contributed by atoms with Gasteiger partial charge in [0.1, 0.15) is 0 Å². The molecule has 1 heterocycles. The summed E-state index contributed by atoms with van der Waals surface area (Å²) in [5.74, 6) is 0.693. The lowest BCUT2D eigenvalue weighted by Crippen LogP contribution is -2.51. The zero-order chi connectivity index (χ0) is 17.8. The third-order valence-electron chi connectivity index (χ3n) is 6.14. The van der Waals surface area contributed by atoms with Crippen molar-refractivity contribution in [3.8, 4) is 0 Å². The minimum absolute atomic E-state index is 0.693. The highest BCUT2D eigenvalue weighted by molar-refractivity contribution is 5.59. The largest absolute Gasteiger partial charge is 0.356 e. The van der Waals surface area contributed by atoms with E-state index in [1.807, 2.05) is 0 Å². The van der Waals surface area contributed by atoms with Crippen LogP contribution in [-0.2, 0) is 0 Å². The smallest absolute Gasteiger partial charge is 0.0384 e. The predicted octanol–water partition coefficient (Wildman–Crippen LogP) is 4.70. The molecule has 3 heteroatoms. The van der Waals surface area contributed by atoms with Gasteiger partial charge in [-0.25, -0.2) is 0 Å². The molecule has 1 N–H and O–H groups in total. The number of para-hydroxylation sites is 1. The lowest BCUT2D eigenvalue weighted by molar-refractivity contribution is 0.0790. The summed E-state index contributed by atoms with van der Waals surface area (Å²) in [6.07, 6.45) is 5.46. The van der Waals surface area contributed by atoms with Gasteiger partial charge in [-0.2, -0.15) is 0 Å².